The molecule has 0 spiro atoms. The van der Waals surface area contributed by atoms with E-state index in [1.165, 1.54) is 4.90 Å². The van der Waals surface area contributed by atoms with Gasteiger partial charge in [0.15, 0.2) is 5.96 Å². The molecule has 2 atom stereocenters. The minimum Gasteiger partial charge on any atom is -0.357 e. The number of guanidine groups is 1. The largest absolute Gasteiger partial charge is 0.401 e. The van der Waals surface area contributed by atoms with Crippen LogP contribution in [0.5, 0.6) is 0 Å². The zero-order valence-electron chi connectivity index (χ0n) is 15.3. The zero-order chi connectivity index (χ0) is 18.4. The summed E-state index contributed by atoms with van der Waals surface area (Å²) in [4.78, 5) is 5.79. The molecular formula is C15H30F3IN4OS. The molecule has 0 saturated carbocycles. The van der Waals surface area contributed by atoms with Crippen molar-refractivity contribution in [1.29, 1.82) is 0 Å². The van der Waals surface area contributed by atoms with Crippen molar-refractivity contribution >= 4 is 40.7 Å². The third-order valence-electron chi connectivity index (χ3n) is 3.59. The Bertz CT molecular complexity index is 455. The van der Waals surface area contributed by atoms with Crippen LogP contribution in [-0.2, 0) is 10.8 Å². The van der Waals surface area contributed by atoms with Crippen molar-refractivity contribution in [3.05, 3.63) is 0 Å². The highest BCUT2D eigenvalue weighted by atomic mass is 127. The van der Waals surface area contributed by atoms with Crippen LogP contribution in [0.4, 0.5) is 13.2 Å². The van der Waals surface area contributed by atoms with Crippen molar-refractivity contribution in [2.45, 2.75) is 51.1 Å². The number of hydrogen-bond donors (Lipinski definition) is 2. The third-order valence-corrected chi connectivity index (χ3v) is 5.51. The first-order valence-electron chi connectivity index (χ1n) is 8.23. The molecule has 0 bridgehead atoms. The molecule has 10 heteroatoms. The summed E-state index contributed by atoms with van der Waals surface area (Å²) < 4.78 is 49.0. The number of hydrogen-bond acceptors (Lipinski definition) is 3. The maximum atomic E-state index is 12.4. The van der Waals surface area contributed by atoms with Gasteiger partial charge in [-0.1, -0.05) is 0 Å². The van der Waals surface area contributed by atoms with E-state index < -0.39 is 23.5 Å². The number of aliphatic imine (C=N–C) groups is 1. The molecule has 0 aliphatic carbocycles. The van der Waals surface area contributed by atoms with Gasteiger partial charge < -0.3 is 10.6 Å². The highest BCUT2D eigenvalue weighted by Crippen LogP contribution is 2.19. The minimum atomic E-state index is -4.16. The van der Waals surface area contributed by atoms with Crippen molar-refractivity contribution in [3.8, 4) is 0 Å². The van der Waals surface area contributed by atoms with Crippen LogP contribution in [-0.4, -0.2) is 70.5 Å². The first-order valence-corrected chi connectivity index (χ1v) is 9.55. The highest BCUT2D eigenvalue weighted by Gasteiger charge is 2.34. The number of alkyl halides is 3. The molecular weight excluding hydrogens is 468 g/mol. The van der Waals surface area contributed by atoms with Gasteiger partial charge in [-0.25, -0.2) is 0 Å². The Hall–Kier alpha value is -0.100. The molecule has 150 valence electrons. The summed E-state index contributed by atoms with van der Waals surface area (Å²) in [5, 5.41) is 6.26. The average Bonchev–Trinajstić information content (AvgIpc) is 2.82. The third kappa shape index (κ3) is 10.6. The quantitative estimate of drug-likeness (QED) is 0.336. The molecule has 5 nitrogen and oxygen atoms in total. The molecule has 2 unspecified atom stereocenters. The summed E-state index contributed by atoms with van der Waals surface area (Å²) >= 11 is 0. The predicted octanol–water partition coefficient (Wildman–Crippen LogP) is 2.34. The van der Waals surface area contributed by atoms with Gasteiger partial charge in [0, 0.05) is 47.0 Å². The Morgan fingerprint density at radius 1 is 1.32 bits per heavy atom. The second kappa shape index (κ2) is 10.9. The summed E-state index contributed by atoms with van der Waals surface area (Å²) in [6, 6.07) is -0.0572. The smallest absolute Gasteiger partial charge is 0.357 e. The van der Waals surface area contributed by atoms with E-state index in [1.54, 1.807) is 0 Å². The van der Waals surface area contributed by atoms with Crippen molar-refractivity contribution in [2.24, 2.45) is 4.99 Å². The number of likely N-dealkylation sites (tertiary alicyclic amines) is 1. The minimum absolute atomic E-state index is 0. The lowest BCUT2D eigenvalue weighted by Crippen LogP contribution is -2.45. The molecule has 25 heavy (non-hydrogen) atoms. The van der Waals surface area contributed by atoms with E-state index in [4.69, 9.17) is 0 Å². The summed E-state index contributed by atoms with van der Waals surface area (Å²) in [5.74, 6) is 1.03. The monoisotopic (exact) mass is 498 g/mol. The molecule has 1 aliphatic heterocycles. The van der Waals surface area contributed by atoms with Gasteiger partial charge in [-0.15, -0.1) is 24.0 Å². The summed E-state index contributed by atoms with van der Waals surface area (Å²) in [5.41, 5.74) is 0. The Morgan fingerprint density at radius 2 is 1.96 bits per heavy atom. The first kappa shape index (κ1) is 24.9. The second-order valence-electron chi connectivity index (χ2n) is 6.90. The normalized spacial score (nSPS) is 20.9. The van der Waals surface area contributed by atoms with Crippen LogP contribution in [0.1, 0.15) is 34.1 Å². The number of halogens is 4. The van der Waals surface area contributed by atoms with Crippen molar-refractivity contribution in [1.82, 2.24) is 15.5 Å². The summed E-state index contributed by atoms with van der Waals surface area (Å²) in [6.45, 7) is 8.66. The van der Waals surface area contributed by atoms with Gasteiger partial charge in [0.2, 0.25) is 0 Å². The van der Waals surface area contributed by atoms with Crippen LogP contribution in [0.3, 0.4) is 0 Å². The lowest BCUT2D eigenvalue weighted by molar-refractivity contribution is -0.143. The molecule has 1 rings (SSSR count). The maximum absolute atomic E-state index is 12.4. The zero-order valence-corrected chi connectivity index (χ0v) is 18.4. The Balaban J connectivity index is 0.00000576. The van der Waals surface area contributed by atoms with Gasteiger partial charge in [0.05, 0.1) is 13.1 Å². The molecule has 0 aromatic carbocycles. The first-order chi connectivity index (χ1) is 11.0. The van der Waals surface area contributed by atoms with E-state index in [9.17, 15) is 17.4 Å². The second-order valence-corrected chi connectivity index (χ2v) is 9.23. The van der Waals surface area contributed by atoms with Crippen LogP contribution in [0.15, 0.2) is 4.99 Å². The lowest BCUT2D eigenvalue weighted by Gasteiger charge is -2.20. The average molecular weight is 498 g/mol. The fourth-order valence-electron chi connectivity index (χ4n) is 2.41. The van der Waals surface area contributed by atoms with Gasteiger partial charge in [-0.05, 0) is 34.1 Å². The molecule has 0 amide bonds. The van der Waals surface area contributed by atoms with Crippen LogP contribution < -0.4 is 10.6 Å². The van der Waals surface area contributed by atoms with E-state index in [2.05, 4.69) is 15.6 Å². The van der Waals surface area contributed by atoms with Crippen LogP contribution in [0.2, 0.25) is 0 Å². The Labute approximate surface area is 168 Å². The van der Waals surface area contributed by atoms with E-state index in [1.807, 2.05) is 27.7 Å². The fraction of sp³-hybridized carbons (Fsp3) is 0.933. The van der Waals surface area contributed by atoms with Crippen molar-refractivity contribution < 1.29 is 17.4 Å². The molecule has 1 heterocycles. The van der Waals surface area contributed by atoms with Gasteiger partial charge in [-0.3, -0.25) is 14.1 Å². The fourth-order valence-corrected chi connectivity index (χ4v) is 3.28. The van der Waals surface area contributed by atoms with Crippen LogP contribution in [0.25, 0.3) is 0 Å². The molecule has 1 saturated heterocycles. The number of rotatable bonds is 6. The van der Waals surface area contributed by atoms with E-state index in [-0.39, 0.29) is 34.8 Å². The number of nitrogens with zero attached hydrogens (tertiary/aromatic N) is 2. The molecule has 0 aromatic rings. The van der Waals surface area contributed by atoms with Gasteiger partial charge in [0.1, 0.15) is 0 Å². The molecule has 1 fully saturated rings. The standard InChI is InChI=1S/C15H29F3N4OS.HI/c1-5-19-13(20-7-9-24(23)14(2,3)4)21-12-6-8-22(10-12)11-15(16,17)18;/h12H,5-11H2,1-4H3,(H2,19,20,21);1H. The number of nitrogens with one attached hydrogen (secondary N) is 2. The van der Waals surface area contributed by atoms with Gasteiger partial charge in [0.25, 0.3) is 0 Å². The van der Waals surface area contributed by atoms with Crippen molar-refractivity contribution in [2.75, 3.05) is 38.5 Å². The maximum Gasteiger partial charge on any atom is 0.401 e. The summed E-state index contributed by atoms with van der Waals surface area (Å²) in [6.07, 6.45) is -3.51. The van der Waals surface area contributed by atoms with E-state index >= 15 is 0 Å². The van der Waals surface area contributed by atoms with E-state index in [0.717, 1.165) is 0 Å². The Morgan fingerprint density at radius 3 is 2.48 bits per heavy atom. The SMILES string of the molecule is CCNC(=NCCS(=O)C(C)(C)C)NC1CCN(CC(F)(F)F)C1.I. The Kier molecular flexibility index (Phi) is 10.9. The summed E-state index contributed by atoms with van der Waals surface area (Å²) in [7, 11) is -0.975. The van der Waals surface area contributed by atoms with Crippen LogP contribution in [0, 0.1) is 0 Å². The predicted molar refractivity (Wildman–Crippen MR) is 108 cm³/mol. The lowest BCUT2D eigenvalue weighted by atomic mass is 10.3. The topological polar surface area (TPSA) is 56.7 Å². The van der Waals surface area contributed by atoms with Crippen LogP contribution >= 0.6 is 24.0 Å². The van der Waals surface area contributed by atoms with Gasteiger partial charge >= 0.3 is 6.18 Å². The molecule has 2 N–H and O–H groups in total. The molecule has 1 aliphatic rings. The van der Waals surface area contributed by atoms with E-state index in [0.29, 0.717) is 44.3 Å². The highest BCUT2D eigenvalue weighted by molar-refractivity contribution is 14.0. The van der Waals surface area contributed by atoms with Gasteiger partial charge in [-0.2, -0.15) is 13.2 Å². The van der Waals surface area contributed by atoms with Crippen molar-refractivity contribution in [3.63, 3.8) is 0 Å². The molecule has 0 aromatic heterocycles. The molecule has 0 radical (unpaired) electrons.